The molecular formula is C30H27NO5. The molecule has 0 fully saturated rings. The fraction of sp³-hybridized carbons (Fsp3) is 0.167. The molecule has 1 aromatic heterocycles. The molecule has 0 saturated carbocycles. The van der Waals surface area contributed by atoms with Gasteiger partial charge in [-0.3, -0.25) is 4.79 Å². The van der Waals surface area contributed by atoms with Crippen LogP contribution in [0.2, 0.25) is 0 Å². The average Bonchev–Trinajstić information content (AvgIpc) is 2.88. The van der Waals surface area contributed by atoms with Crippen LogP contribution in [-0.4, -0.2) is 26.7 Å². The lowest BCUT2D eigenvalue weighted by molar-refractivity contribution is -0.131. The highest BCUT2D eigenvalue weighted by Crippen LogP contribution is 2.25. The van der Waals surface area contributed by atoms with E-state index in [9.17, 15) is 19.5 Å². The first kappa shape index (κ1) is 24.7. The fourth-order valence-electron chi connectivity index (χ4n) is 4.32. The number of carboxylic acids is 2. The molecule has 4 rings (SSSR count). The van der Waals surface area contributed by atoms with E-state index in [-0.39, 0.29) is 11.0 Å². The average molecular weight is 482 g/mol. The summed E-state index contributed by atoms with van der Waals surface area (Å²) in [5.74, 6) is -2.01. The van der Waals surface area contributed by atoms with Crippen molar-refractivity contribution in [1.29, 1.82) is 0 Å². The van der Waals surface area contributed by atoms with Crippen molar-refractivity contribution in [2.24, 2.45) is 0 Å². The van der Waals surface area contributed by atoms with Gasteiger partial charge in [-0.05, 0) is 59.4 Å². The molecule has 0 aliphatic rings. The zero-order chi connectivity index (χ0) is 25.7. The number of fused-ring (bicyclic) bond motifs is 1. The Kier molecular flexibility index (Phi) is 7.44. The highest BCUT2D eigenvalue weighted by molar-refractivity contribution is 5.96. The normalized spacial score (nSPS) is 11.2. The number of pyridine rings is 1. The lowest BCUT2D eigenvalue weighted by Crippen LogP contribution is -2.15. The van der Waals surface area contributed by atoms with E-state index in [2.05, 4.69) is 6.92 Å². The van der Waals surface area contributed by atoms with E-state index in [4.69, 9.17) is 5.11 Å². The van der Waals surface area contributed by atoms with Crippen molar-refractivity contribution in [3.8, 4) is 11.1 Å². The molecule has 0 spiro atoms. The van der Waals surface area contributed by atoms with Crippen LogP contribution in [0.4, 0.5) is 0 Å². The van der Waals surface area contributed by atoms with Gasteiger partial charge in [0.1, 0.15) is 0 Å². The summed E-state index contributed by atoms with van der Waals surface area (Å²) in [5.41, 5.74) is 4.89. The van der Waals surface area contributed by atoms with E-state index in [0.29, 0.717) is 29.5 Å². The van der Waals surface area contributed by atoms with Crippen molar-refractivity contribution >= 4 is 28.9 Å². The van der Waals surface area contributed by atoms with E-state index >= 15 is 0 Å². The van der Waals surface area contributed by atoms with E-state index in [1.165, 1.54) is 6.08 Å². The Morgan fingerprint density at radius 2 is 1.72 bits per heavy atom. The van der Waals surface area contributed by atoms with Crippen LogP contribution in [0.25, 0.3) is 28.1 Å². The van der Waals surface area contributed by atoms with Gasteiger partial charge in [0.15, 0.2) is 5.43 Å². The molecule has 0 radical (unpaired) electrons. The van der Waals surface area contributed by atoms with Crippen LogP contribution < -0.4 is 5.43 Å². The zero-order valence-electron chi connectivity index (χ0n) is 20.0. The number of aromatic carboxylic acids is 1. The van der Waals surface area contributed by atoms with Gasteiger partial charge in [0.05, 0.1) is 11.1 Å². The molecule has 3 aromatic carbocycles. The van der Waals surface area contributed by atoms with Crippen LogP contribution in [-0.2, 0) is 17.8 Å². The first-order chi connectivity index (χ1) is 17.4. The minimum Gasteiger partial charge on any atom is -0.478 e. The standard InChI is InChI=1S/C30H27NO5/c1-2-3-6-23-19-31(27-17-20(12-16-28(32)33)11-15-26(27)29(23)34)18-21-9-13-22(14-10-21)24-7-4-5-8-25(24)30(35)36/h4-5,7-17,19H,2-3,6,18H2,1H3,(H,32,33)(H,35,36). The van der Waals surface area contributed by atoms with Crippen LogP contribution in [0.5, 0.6) is 0 Å². The minimum absolute atomic E-state index is 0.00379. The first-order valence-corrected chi connectivity index (χ1v) is 11.9. The summed E-state index contributed by atoms with van der Waals surface area (Å²) in [6.45, 7) is 2.59. The molecule has 182 valence electrons. The molecule has 6 nitrogen and oxygen atoms in total. The van der Waals surface area contributed by atoms with Crippen molar-refractivity contribution < 1.29 is 19.8 Å². The molecule has 6 heteroatoms. The molecule has 0 saturated heterocycles. The second-order valence-corrected chi connectivity index (χ2v) is 8.71. The smallest absolute Gasteiger partial charge is 0.336 e. The maximum Gasteiger partial charge on any atom is 0.336 e. The first-order valence-electron chi connectivity index (χ1n) is 11.9. The van der Waals surface area contributed by atoms with Crippen molar-refractivity contribution in [3.63, 3.8) is 0 Å². The molecule has 0 unspecified atom stereocenters. The molecule has 0 amide bonds. The zero-order valence-corrected chi connectivity index (χ0v) is 20.0. The Morgan fingerprint density at radius 3 is 2.42 bits per heavy atom. The maximum atomic E-state index is 13.1. The number of benzene rings is 3. The molecule has 4 aromatic rings. The molecule has 0 bridgehead atoms. The molecule has 2 N–H and O–H groups in total. The Labute approximate surface area is 208 Å². The monoisotopic (exact) mass is 481 g/mol. The molecule has 36 heavy (non-hydrogen) atoms. The summed E-state index contributed by atoms with van der Waals surface area (Å²) in [6.07, 6.45) is 7.08. The van der Waals surface area contributed by atoms with Gasteiger partial charge in [-0.2, -0.15) is 0 Å². The van der Waals surface area contributed by atoms with Crippen LogP contribution >= 0.6 is 0 Å². The number of carboxylic acid groups (broad SMARTS) is 2. The van der Waals surface area contributed by atoms with Crippen molar-refractivity contribution in [1.82, 2.24) is 4.57 Å². The summed E-state index contributed by atoms with van der Waals surface area (Å²) in [5, 5.41) is 19.1. The Bertz CT molecular complexity index is 1510. The van der Waals surface area contributed by atoms with Gasteiger partial charge in [-0.25, -0.2) is 9.59 Å². The number of aliphatic carboxylic acids is 1. The summed E-state index contributed by atoms with van der Waals surface area (Å²) in [4.78, 5) is 35.7. The molecule has 1 heterocycles. The van der Waals surface area contributed by atoms with Gasteiger partial charge in [0.2, 0.25) is 0 Å². The predicted molar refractivity (Wildman–Crippen MR) is 141 cm³/mol. The number of hydrogen-bond acceptors (Lipinski definition) is 3. The summed E-state index contributed by atoms with van der Waals surface area (Å²) < 4.78 is 2.03. The van der Waals surface area contributed by atoms with Gasteiger partial charge in [0.25, 0.3) is 0 Å². The van der Waals surface area contributed by atoms with Crippen molar-refractivity contribution in [3.05, 3.63) is 111 Å². The largest absolute Gasteiger partial charge is 0.478 e. The van der Waals surface area contributed by atoms with Gasteiger partial charge < -0.3 is 14.8 Å². The second kappa shape index (κ2) is 10.9. The molecule has 0 aliphatic carbocycles. The van der Waals surface area contributed by atoms with E-state index in [1.807, 2.05) is 47.2 Å². The molecule has 0 aliphatic heterocycles. The third-order valence-electron chi connectivity index (χ3n) is 6.17. The van der Waals surface area contributed by atoms with Crippen molar-refractivity contribution in [2.75, 3.05) is 0 Å². The summed E-state index contributed by atoms with van der Waals surface area (Å²) in [6, 6.07) is 20.0. The van der Waals surface area contributed by atoms with Gasteiger partial charge in [0, 0.05) is 29.8 Å². The Morgan fingerprint density at radius 1 is 0.972 bits per heavy atom. The minimum atomic E-state index is -1.04. The Hall–Kier alpha value is -4.45. The number of aryl methyl sites for hydroxylation is 1. The van der Waals surface area contributed by atoms with Crippen LogP contribution in [0.3, 0.4) is 0 Å². The third kappa shape index (κ3) is 5.44. The highest BCUT2D eigenvalue weighted by atomic mass is 16.4. The van der Waals surface area contributed by atoms with Crippen molar-refractivity contribution in [2.45, 2.75) is 32.7 Å². The SMILES string of the molecule is CCCCc1cn(Cc2ccc(-c3ccccc3C(=O)O)cc2)c2cc(C=CC(=O)O)ccc2c1=O. The highest BCUT2D eigenvalue weighted by Gasteiger charge is 2.12. The number of unbranched alkanes of at least 4 members (excludes halogenated alkanes) is 1. The molecule has 0 atom stereocenters. The van der Waals surface area contributed by atoms with E-state index < -0.39 is 11.9 Å². The fourth-order valence-corrected chi connectivity index (χ4v) is 4.32. The lowest BCUT2D eigenvalue weighted by atomic mass is 9.98. The molecular weight excluding hydrogens is 454 g/mol. The van der Waals surface area contributed by atoms with Gasteiger partial charge in [-0.1, -0.05) is 61.9 Å². The summed E-state index contributed by atoms with van der Waals surface area (Å²) in [7, 11) is 0. The third-order valence-corrected chi connectivity index (χ3v) is 6.17. The number of hydrogen-bond donors (Lipinski definition) is 2. The van der Waals surface area contributed by atoms with E-state index in [0.717, 1.165) is 41.1 Å². The summed E-state index contributed by atoms with van der Waals surface area (Å²) >= 11 is 0. The topological polar surface area (TPSA) is 96.6 Å². The van der Waals surface area contributed by atoms with Crippen LogP contribution in [0.15, 0.2) is 83.8 Å². The van der Waals surface area contributed by atoms with Crippen LogP contribution in [0, 0.1) is 0 Å². The number of rotatable bonds is 9. The maximum absolute atomic E-state index is 13.1. The van der Waals surface area contributed by atoms with E-state index in [1.54, 1.807) is 30.3 Å². The quantitative estimate of drug-likeness (QED) is 0.292. The van der Waals surface area contributed by atoms with Crippen LogP contribution in [0.1, 0.15) is 46.8 Å². The second-order valence-electron chi connectivity index (χ2n) is 8.71. The number of aromatic nitrogens is 1. The number of nitrogens with zero attached hydrogens (tertiary/aromatic N) is 1. The van der Waals surface area contributed by atoms with Gasteiger partial charge in [-0.15, -0.1) is 0 Å². The van der Waals surface area contributed by atoms with Gasteiger partial charge >= 0.3 is 11.9 Å². The number of carbonyl (C=O) groups is 2. The predicted octanol–water partition coefficient (Wildman–Crippen LogP) is 5.86. The lowest BCUT2D eigenvalue weighted by Gasteiger charge is -2.15. The Balaban J connectivity index is 1.75.